The van der Waals surface area contributed by atoms with Crippen LogP contribution in [0.25, 0.3) is 0 Å². The van der Waals surface area contributed by atoms with Crippen molar-refractivity contribution in [2.24, 2.45) is 0 Å². The number of ether oxygens (including phenoxy) is 1. The minimum absolute atomic E-state index is 0.232. The van der Waals surface area contributed by atoms with Gasteiger partial charge in [0, 0.05) is 5.69 Å². The molecular weight excluding hydrogens is 241 g/mol. The highest BCUT2D eigenvalue weighted by molar-refractivity contribution is 5.40. The number of anilines is 1. The lowest BCUT2D eigenvalue weighted by Crippen LogP contribution is -2.01. The van der Waals surface area contributed by atoms with Gasteiger partial charge in [0.25, 0.3) is 0 Å². The topological polar surface area (TPSA) is 35.2 Å². The van der Waals surface area contributed by atoms with Crippen molar-refractivity contribution in [2.45, 2.75) is 19.8 Å². The predicted octanol–water partition coefficient (Wildman–Crippen LogP) is 3.73. The Labute approximate surface area is 113 Å². The number of nitrogen functional groups attached to an aromatic ring is 1. The first kappa shape index (κ1) is 13.4. The molecule has 0 heterocycles. The maximum atomic E-state index is 12.9. The molecule has 0 atom stereocenters. The van der Waals surface area contributed by atoms with E-state index in [9.17, 15) is 4.39 Å². The number of benzene rings is 2. The smallest absolute Gasteiger partial charge is 0.123 e. The number of hydrogen-bond donors (Lipinski definition) is 1. The van der Waals surface area contributed by atoms with Crippen LogP contribution in [0.4, 0.5) is 10.1 Å². The highest BCUT2D eigenvalue weighted by Crippen LogP contribution is 2.18. The molecule has 0 spiro atoms. The second kappa shape index (κ2) is 6.23. The van der Waals surface area contributed by atoms with Gasteiger partial charge < -0.3 is 10.5 Å². The molecule has 19 heavy (non-hydrogen) atoms. The molecular formula is C16H18FNO. The Kier molecular flexibility index (Phi) is 4.39. The van der Waals surface area contributed by atoms with Crippen LogP contribution in [0.2, 0.25) is 0 Å². The maximum Gasteiger partial charge on any atom is 0.123 e. The average Bonchev–Trinajstić information content (AvgIpc) is 2.37. The van der Waals surface area contributed by atoms with E-state index >= 15 is 0 Å². The van der Waals surface area contributed by atoms with Crippen molar-refractivity contribution >= 4 is 5.69 Å². The fourth-order valence-electron chi connectivity index (χ4n) is 1.98. The molecule has 2 aromatic rings. The molecule has 0 aliphatic carbocycles. The fourth-order valence-corrected chi connectivity index (χ4v) is 1.98. The molecule has 0 radical (unpaired) electrons. The highest BCUT2D eigenvalue weighted by Gasteiger charge is 2.01. The van der Waals surface area contributed by atoms with Crippen LogP contribution < -0.4 is 10.5 Å². The van der Waals surface area contributed by atoms with E-state index in [1.54, 1.807) is 6.07 Å². The molecule has 3 heteroatoms. The van der Waals surface area contributed by atoms with Gasteiger partial charge in [-0.3, -0.25) is 0 Å². The number of halogens is 1. The summed E-state index contributed by atoms with van der Waals surface area (Å²) < 4.78 is 18.6. The lowest BCUT2D eigenvalue weighted by atomic mass is 10.1. The zero-order chi connectivity index (χ0) is 13.7. The van der Waals surface area contributed by atoms with Crippen LogP contribution in [-0.2, 0) is 6.42 Å². The van der Waals surface area contributed by atoms with E-state index in [-0.39, 0.29) is 5.82 Å². The average molecular weight is 259 g/mol. The summed E-state index contributed by atoms with van der Waals surface area (Å²) in [5.41, 5.74) is 8.54. The van der Waals surface area contributed by atoms with Crippen molar-refractivity contribution < 1.29 is 9.13 Å². The summed E-state index contributed by atoms with van der Waals surface area (Å²) in [7, 11) is 0. The summed E-state index contributed by atoms with van der Waals surface area (Å²) in [5.74, 6) is 0.513. The Morgan fingerprint density at radius 1 is 1.16 bits per heavy atom. The molecule has 0 unspecified atom stereocenters. The molecule has 0 fully saturated rings. The summed E-state index contributed by atoms with van der Waals surface area (Å²) in [4.78, 5) is 0. The number of aryl methyl sites for hydroxylation is 2. The Hall–Kier alpha value is -2.03. The molecule has 2 N–H and O–H groups in total. The van der Waals surface area contributed by atoms with E-state index in [4.69, 9.17) is 10.5 Å². The van der Waals surface area contributed by atoms with Gasteiger partial charge in [-0.25, -0.2) is 4.39 Å². The Morgan fingerprint density at radius 3 is 2.74 bits per heavy atom. The minimum Gasteiger partial charge on any atom is -0.493 e. The zero-order valence-corrected chi connectivity index (χ0v) is 11.0. The van der Waals surface area contributed by atoms with Crippen LogP contribution in [0.15, 0.2) is 42.5 Å². The molecule has 2 rings (SSSR count). The zero-order valence-electron chi connectivity index (χ0n) is 11.0. The maximum absolute atomic E-state index is 12.9. The van der Waals surface area contributed by atoms with Gasteiger partial charge in [-0.2, -0.15) is 0 Å². The molecule has 0 saturated carbocycles. The quantitative estimate of drug-likeness (QED) is 0.656. The number of rotatable bonds is 5. The van der Waals surface area contributed by atoms with Gasteiger partial charge in [0.15, 0.2) is 0 Å². The summed E-state index contributed by atoms with van der Waals surface area (Å²) in [5, 5.41) is 0. The van der Waals surface area contributed by atoms with Gasteiger partial charge in [-0.1, -0.05) is 12.1 Å². The van der Waals surface area contributed by atoms with E-state index in [1.807, 2.05) is 25.1 Å². The van der Waals surface area contributed by atoms with Crippen molar-refractivity contribution in [3.8, 4) is 5.75 Å². The van der Waals surface area contributed by atoms with Gasteiger partial charge in [0.1, 0.15) is 11.6 Å². The molecule has 2 aromatic carbocycles. The van der Waals surface area contributed by atoms with Crippen LogP contribution in [0.1, 0.15) is 17.5 Å². The summed E-state index contributed by atoms with van der Waals surface area (Å²) >= 11 is 0. The number of nitrogens with two attached hydrogens (primary N) is 1. The molecule has 100 valence electrons. The van der Waals surface area contributed by atoms with Gasteiger partial charge in [0.05, 0.1) is 6.61 Å². The third-order valence-corrected chi connectivity index (χ3v) is 2.96. The van der Waals surface area contributed by atoms with Crippen LogP contribution >= 0.6 is 0 Å². The standard InChI is InChI=1S/C16H18FNO/c1-12-10-14(17)7-8-16(12)19-9-3-5-13-4-2-6-15(18)11-13/h2,4,6-8,10-11H,3,5,9,18H2,1H3. The van der Waals surface area contributed by atoms with E-state index < -0.39 is 0 Å². The predicted molar refractivity (Wildman–Crippen MR) is 75.8 cm³/mol. The number of hydrogen-bond acceptors (Lipinski definition) is 2. The Bertz CT molecular complexity index is 554. The first-order valence-electron chi connectivity index (χ1n) is 6.38. The van der Waals surface area contributed by atoms with E-state index in [0.29, 0.717) is 6.61 Å². The molecule has 2 nitrogen and oxygen atoms in total. The molecule has 0 amide bonds. The van der Waals surface area contributed by atoms with Crippen LogP contribution in [0, 0.1) is 12.7 Å². The van der Waals surface area contributed by atoms with Crippen LogP contribution in [0.3, 0.4) is 0 Å². The second-order valence-electron chi connectivity index (χ2n) is 4.61. The first-order chi connectivity index (χ1) is 9.15. The third kappa shape index (κ3) is 3.98. The van der Waals surface area contributed by atoms with Crippen LogP contribution in [-0.4, -0.2) is 6.61 Å². The molecule has 0 aromatic heterocycles. The van der Waals surface area contributed by atoms with E-state index in [1.165, 1.54) is 17.7 Å². The summed E-state index contributed by atoms with van der Waals surface area (Å²) in [6.45, 7) is 2.46. The van der Waals surface area contributed by atoms with E-state index in [2.05, 4.69) is 6.07 Å². The van der Waals surface area contributed by atoms with Crippen molar-refractivity contribution in [3.63, 3.8) is 0 Å². The highest BCUT2D eigenvalue weighted by atomic mass is 19.1. The normalized spacial score (nSPS) is 10.4. The van der Waals surface area contributed by atoms with Gasteiger partial charge >= 0.3 is 0 Å². The van der Waals surface area contributed by atoms with E-state index in [0.717, 1.165) is 29.8 Å². The van der Waals surface area contributed by atoms with Gasteiger partial charge in [-0.15, -0.1) is 0 Å². The van der Waals surface area contributed by atoms with Gasteiger partial charge in [0.2, 0.25) is 0 Å². The molecule has 0 bridgehead atoms. The molecule has 0 saturated heterocycles. The minimum atomic E-state index is -0.232. The summed E-state index contributed by atoms with van der Waals surface area (Å²) in [6.07, 6.45) is 1.82. The second-order valence-corrected chi connectivity index (χ2v) is 4.61. The molecule has 0 aliphatic heterocycles. The van der Waals surface area contributed by atoms with Crippen molar-refractivity contribution in [2.75, 3.05) is 12.3 Å². The Balaban J connectivity index is 1.81. The summed E-state index contributed by atoms with van der Waals surface area (Å²) in [6, 6.07) is 12.4. The largest absolute Gasteiger partial charge is 0.493 e. The van der Waals surface area contributed by atoms with Crippen molar-refractivity contribution in [1.82, 2.24) is 0 Å². The lowest BCUT2D eigenvalue weighted by molar-refractivity contribution is 0.308. The van der Waals surface area contributed by atoms with Crippen LogP contribution in [0.5, 0.6) is 5.75 Å². The third-order valence-electron chi connectivity index (χ3n) is 2.96. The first-order valence-corrected chi connectivity index (χ1v) is 6.38. The molecule has 0 aliphatic rings. The lowest BCUT2D eigenvalue weighted by Gasteiger charge is -2.09. The van der Waals surface area contributed by atoms with Gasteiger partial charge in [-0.05, 0) is 61.2 Å². The van der Waals surface area contributed by atoms with Crippen molar-refractivity contribution in [1.29, 1.82) is 0 Å². The Morgan fingerprint density at radius 2 is 2.00 bits per heavy atom. The van der Waals surface area contributed by atoms with Crippen molar-refractivity contribution in [3.05, 3.63) is 59.4 Å². The fraction of sp³-hybridized carbons (Fsp3) is 0.250. The SMILES string of the molecule is Cc1cc(F)ccc1OCCCc1cccc(N)c1. The monoisotopic (exact) mass is 259 g/mol.